The Morgan fingerprint density at radius 1 is 1.15 bits per heavy atom. The highest BCUT2D eigenvalue weighted by Gasteiger charge is 2.43. The molecule has 0 aromatic carbocycles. The number of alkyl halides is 3. The van der Waals surface area contributed by atoms with Crippen LogP contribution in [0.25, 0.3) is 11.0 Å². The topological polar surface area (TPSA) is 94.2 Å². The number of hydrogen-bond donors (Lipinski definition) is 2. The van der Waals surface area contributed by atoms with Crippen molar-refractivity contribution in [2.75, 3.05) is 25.0 Å². The molecule has 0 unspecified atom stereocenters. The largest absolute Gasteiger partial charge is 0.421 e. The molecular weight excluding hydrogens is 449 g/mol. The van der Waals surface area contributed by atoms with Gasteiger partial charge in [0.1, 0.15) is 11.3 Å². The monoisotopic (exact) mass is 472 g/mol. The van der Waals surface area contributed by atoms with E-state index in [0.717, 1.165) is 43.2 Å². The molecule has 1 aliphatic heterocycles. The molecule has 1 saturated carbocycles. The maximum Gasteiger partial charge on any atom is 0.421 e. The van der Waals surface area contributed by atoms with E-state index in [4.69, 9.17) is 0 Å². The van der Waals surface area contributed by atoms with Crippen LogP contribution in [0, 0.1) is 0 Å². The highest BCUT2D eigenvalue weighted by molar-refractivity contribution is 5.92. The van der Waals surface area contributed by atoms with E-state index in [1.54, 1.807) is 31.6 Å². The summed E-state index contributed by atoms with van der Waals surface area (Å²) in [6, 6.07) is 6.79. The number of carbonyl (C=O) groups is 1. The third-order valence-electron chi connectivity index (χ3n) is 6.68. The van der Waals surface area contributed by atoms with Crippen LogP contribution in [0.15, 0.2) is 41.5 Å². The highest BCUT2D eigenvalue weighted by Crippen LogP contribution is 2.37. The van der Waals surface area contributed by atoms with Crippen molar-refractivity contribution in [3.63, 3.8) is 0 Å². The van der Waals surface area contributed by atoms with Crippen LogP contribution >= 0.6 is 0 Å². The Kier molecular flexibility index (Phi) is 5.51. The fourth-order valence-electron chi connectivity index (χ4n) is 4.81. The number of nitrogens with one attached hydrogen (secondary N) is 2. The van der Waals surface area contributed by atoms with Gasteiger partial charge in [0.15, 0.2) is 0 Å². The highest BCUT2D eigenvalue weighted by atomic mass is 19.4. The van der Waals surface area contributed by atoms with Gasteiger partial charge in [-0.3, -0.25) is 19.5 Å². The number of hydrogen-bond acceptors (Lipinski definition) is 6. The number of fused-ring (bicyclic) bond motifs is 2. The predicted octanol–water partition coefficient (Wildman–Crippen LogP) is 2.55. The van der Waals surface area contributed by atoms with Gasteiger partial charge in [0, 0.05) is 45.0 Å². The first-order chi connectivity index (χ1) is 16.2. The maximum atomic E-state index is 13.0. The van der Waals surface area contributed by atoms with Crippen LogP contribution in [-0.2, 0) is 12.7 Å². The molecule has 178 valence electrons. The van der Waals surface area contributed by atoms with Crippen LogP contribution in [0.5, 0.6) is 0 Å². The molecule has 4 heterocycles. The molecule has 1 saturated heterocycles. The number of aromatic nitrogens is 3. The second-order valence-electron chi connectivity index (χ2n) is 8.64. The minimum absolute atomic E-state index is 0.106. The van der Waals surface area contributed by atoms with E-state index in [-0.39, 0.29) is 11.4 Å². The Morgan fingerprint density at radius 3 is 2.59 bits per heavy atom. The number of piperazine rings is 1. The standard InChI is InChI=1S/C23H23F3N6O2/c1-27-22(34)16-3-2-14(11-29-16)32-7-6-31(19-4-5-20(19)32)12-13-8-18-17(28-10-13)9-15(21(33)30-18)23(24,25)26/h2-3,8-11,19-20H,4-7,12H2,1H3,(H,27,34)(H,30,33)/t19-,20+/m0/s1. The molecule has 2 aliphatic rings. The molecule has 34 heavy (non-hydrogen) atoms. The summed E-state index contributed by atoms with van der Waals surface area (Å²) in [5.41, 5.74) is 0.177. The van der Waals surface area contributed by atoms with Gasteiger partial charge in [0.2, 0.25) is 0 Å². The molecule has 1 amide bonds. The molecule has 2 fully saturated rings. The van der Waals surface area contributed by atoms with Crippen LogP contribution in [0.2, 0.25) is 0 Å². The number of amides is 1. The fourth-order valence-corrected chi connectivity index (χ4v) is 4.81. The third-order valence-corrected chi connectivity index (χ3v) is 6.68. The van der Waals surface area contributed by atoms with Gasteiger partial charge in [0.25, 0.3) is 11.5 Å². The summed E-state index contributed by atoms with van der Waals surface area (Å²) < 4.78 is 39.0. The van der Waals surface area contributed by atoms with Gasteiger partial charge < -0.3 is 15.2 Å². The van der Waals surface area contributed by atoms with E-state index >= 15 is 0 Å². The van der Waals surface area contributed by atoms with Crippen LogP contribution in [0.4, 0.5) is 18.9 Å². The number of halogens is 3. The van der Waals surface area contributed by atoms with E-state index < -0.39 is 17.3 Å². The Morgan fingerprint density at radius 2 is 1.94 bits per heavy atom. The number of rotatable bonds is 4. The summed E-state index contributed by atoms with van der Waals surface area (Å²) in [5.74, 6) is -0.224. The van der Waals surface area contributed by atoms with Crippen molar-refractivity contribution >= 4 is 22.6 Å². The van der Waals surface area contributed by atoms with Gasteiger partial charge in [-0.1, -0.05) is 0 Å². The zero-order valence-electron chi connectivity index (χ0n) is 18.4. The Labute approximate surface area is 192 Å². The fraction of sp³-hybridized carbons (Fsp3) is 0.391. The van der Waals surface area contributed by atoms with Gasteiger partial charge in [-0.25, -0.2) is 4.98 Å². The van der Waals surface area contributed by atoms with Crippen LogP contribution in [0.3, 0.4) is 0 Å². The number of nitrogens with zero attached hydrogens (tertiary/aromatic N) is 4. The summed E-state index contributed by atoms with van der Waals surface area (Å²) in [7, 11) is 1.57. The zero-order valence-corrected chi connectivity index (χ0v) is 18.4. The quantitative estimate of drug-likeness (QED) is 0.606. The summed E-state index contributed by atoms with van der Waals surface area (Å²) >= 11 is 0. The first-order valence-electron chi connectivity index (χ1n) is 11.0. The van der Waals surface area contributed by atoms with E-state index in [2.05, 4.69) is 30.1 Å². The summed E-state index contributed by atoms with van der Waals surface area (Å²) in [6.45, 7) is 2.17. The van der Waals surface area contributed by atoms with Gasteiger partial charge in [-0.15, -0.1) is 0 Å². The number of pyridine rings is 3. The third kappa shape index (κ3) is 4.00. The lowest BCUT2D eigenvalue weighted by atomic mass is 9.81. The molecule has 3 aromatic rings. The maximum absolute atomic E-state index is 13.0. The van der Waals surface area contributed by atoms with Gasteiger partial charge in [-0.2, -0.15) is 13.2 Å². The van der Waals surface area contributed by atoms with E-state index in [1.807, 2.05) is 6.07 Å². The van der Waals surface area contributed by atoms with Crippen LogP contribution in [-0.4, -0.2) is 58.0 Å². The van der Waals surface area contributed by atoms with Crippen LogP contribution < -0.4 is 15.8 Å². The Balaban J connectivity index is 1.31. The molecular formula is C23H23F3N6O2. The number of aromatic amines is 1. The summed E-state index contributed by atoms with van der Waals surface area (Å²) in [5, 5.41) is 2.56. The number of anilines is 1. The van der Waals surface area contributed by atoms with Crippen molar-refractivity contribution in [3.8, 4) is 0 Å². The molecule has 5 rings (SSSR count). The second-order valence-corrected chi connectivity index (χ2v) is 8.64. The van der Waals surface area contributed by atoms with Gasteiger partial charge in [-0.05, 0) is 42.7 Å². The number of H-pyrrole nitrogens is 1. The molecule has 2 N–H and O–H groups in total. The van der Waals surface area contributed by atoms with Gasteiger partial charge >= 0.3 is 6.18 Å². The predicted molar refractivity (Wildman–Crippen MR) is 120 cm³/mol. The van der Waals surface area contributed by atoms with Crippen molar-refractivity contribution in [3.05, 3.63) is 63.8 Å². The lowest BCUT2D eigenvalue weighted by Gasteiger charge is -2.54. The summed E-state index contributed by atoms with van der Waals surface area (Å²) in [6.07, 6.45) is 0.662. The first kappa shape index (κ1) is 22.3. The van der Waals surface area contributed by atoms with Crippen molar-refractivity contribution in [2.24, 2.45) is 0 Å². The summed E-state index contributed by atoms with van der Waals surface area (Å²) in [4.78, 5) is 39.1. The lowest BCUT2D eigenvalue weighted by molar-refractivity contribution is -0.138. The van der Waals surface area contributed by atoms with E-state index in [0.29, 0.717) is 29.8 Å². The van der Waals surface area contributed by atoms with Crippen molar-refractivity contribution in [2.45, 2.75) is 37.6 Å². The minimum atomic E-state index is -4.72. The minimum Gasteiger partial charge on any atom is -0.364 e. The number of carbonyl (C=O) groups excluding carboxylic acids is 1. The molecule has 0 radical (unpaired) electrons. The van der Waals surface area contributed by atoms with Crippen molar-refractivity contribution in [1.82, 2.24) is 25.2 Å². The lowest BCUT2D eigenvalue weighted by Crippen LogP contribution is -2.64. The average molecular weight is 472 g/mol. The normalized spacial score (nSPS) is 20.6. The van der Waals surface area contributed by atoms with Gasteiger partial charge in [0.05, 0.1) is 22.9 Å². The molecule has 2 atom stereocenters. The Hall–Kier alpha value is -3.47. The molecule has 0 spiro atoms. The molecule has 11 heteroatoms. The van der Waals surface area contributed by atoms with E-state index in [9.17, 15) is 22.8 Å². The van der Waals surface area contributed by atoms with E-state index in [1.165, 1.54) is 0 Å². The molecule has 8 nitrogen and oxygen atoms in total. The van der Waals surface area contributed by atoms with Crippen LogP contribution in [0.1, 0.15) is 34.5 Å². The second kappa shape index (κ2) is 8.39. The Bertz CT molecular complexity index is 1290. The molecule has 1 aliphatic carbocycles. The SMILES string of the molecule is CNC(=O)c1ccc(N2CCN(Cc3cnc4cc(C(F)(F)F)c(=O)[nH]c4c3)[C@H]3CC[C@H]32)cn1. The smallest absolute Gasteiger partial charge is 0.364 e. The average Bonchev–Trinajstić information content (AvgIpc) is 2.78. The van der Waals surface area contributed by atoms with Crippen molar-refractivity contribution < 1.29 is 18.0 Å². The molecule has 3 aromatic heterocycles. The zero-order chi connectivity index (χ0) is 24.0. The van der Waals surface area contributed by atoms with Crippen molar-refractivity contribution in [1.29, 1.82) is 0 Å². The molecule has 0 bridgehead atoms. The first-order valence-corrected chi connectivity index (χ1v) is 11.0.